The van der Waals surface area contributed by atoms with Crippen molar-refractivity contribution in [1.29, 1.82) is 0 Å². The molecule has 0 radical (unpaired) electrons. The molecule has 0 unspecified atom stereocenters. The Kier molecular flexibility index (Phi) is 20.6. The van der Waals surface area contributed by atoms with Crippen LogP contribution in [0.3, 0.4) is 0 Å². The van der Waals surface area contributed by atoms with E-state index in [1.165, 1.54) is 51.4 Å². The van der Waals surface area contributed by atoms with Gasteiger partial charge in [-0.15, -0.1) is 0 Å². The molecule has 0 amide bonds. The smallest absolute Gasteiger partial charge is 0.327 e. The molecular weight excluding hydrogens is 315 g/mol. The van der Waals surface area contributed by atoms with E-state index in [-0.39, 0.29) is 18.6 Å². The van der Waals surface area contributed by atoms with Crippen LogP contribution in [-0.2, 0) is 4.52 Å². The molecular formula is C17H39O5P. The maximum absolute atomic E-state index is 8.49. The Bertz CT molecular complexity index is 219. The van der Waals surface area contributed by atoms with Gasteiger partial charge in [0.2, 0.25) is 0 Å². The fourth-order valence-corrected chi connectivity index (χ4v) is 2.08. The van der Waals surface area contributed by atoms with Crippen LogP contribution in [0.2, 0.25) is 0 Å². The fourth-order valence-electron chi connectivity index (χ4n) is 1.79. The second kappa shape index (κ2) is 18.6. The van der Waals surface area contributed by atoms with Gasteiger partial charge in [0, 0.05) is 5.41 Å². The molecule has 0 atom stereocenters. The van der Waals surface area contributed by atoms with Crippen LogP contribution in [0.5, 0.6) is 0 Å². The summed E-state index contributed by atoms with van der Waals surface area (Å²) in [5, 5.41) is 16.9. The summed E-state index contributed by atoms with van der Waals surface area (Å²) < 4.78 is 4.69. The number of hydrogen-bond donors (Lipinski definition) is 4. The highest BCUT2D eigenvalue weighted by molar-refractivity contribution is 7.39. The molecule has 0 fully saturated rings. The average molecular weight is 354 g/mol. The molecule has 23 heavy (non-hydrogen) atoms. The third-order valence-corrected chi connectivity index (χ3v) is 3.97. The van der Waals surface area contributed by atoms with E-state index in [9.17, 15) is 0 Å². The standard InChI is InChI=1S/C12H27O3P.C5H12O2/c1-2-3-4-5-6-7-8-9-10-11-12-15-16(13)14;1-5(2,3-6)4-7/h13-14H,2-12H2,1H3;6-7H,3-4H2,1-2H3. The molecule has 0 aromatic heterocycles. The predicted octanol–water partition coefficient (Wildman–Crippen LogP) is 4.13. The highest BCUT2D eigenvalue weighted by atomic mass is 31.2. The summed E-state index contributed by atoms with van der Waals surface area (Å²) >= 11 is 0. The van der Waals surface area contributed by atoms with E-state index in [2.05, 4.69) is 11.4 Å². The molecule has 0 aliphatic rings. The van der Waals surface area contributed by atoms with Gasteiger partial charge in [0.1, 0.15) is 0 Å². The summed E-state index contributed by atoms with van der Waals surface area (Å²) in [5.41, 5.74) is -0.306. The summed E-state index contributed by atoms with van der Waals surface area (Å²) in [6.07, 6.45) is 12.8. The zero-order valence-corrected chi connectivity index (χ0v) is 16.2. The maximum atomic E-state index is 8.49. The number of hydrogen-bond acceptors (Lipinski definition) is 5. The van der Waals surface area contributed by atoms with Gasteiger partial charge >= 0.3 is 8.60 Å². The summed E-state index contributed by atoms with van der Waals surface area (Å²) in [5.74, 6) is 0. The zero-order valence-electron chi connectivity index (χ0n) is 15.3. The van der Waals surface area contributed by atoms with E-state index in [1.54, 1.807) is 13.8 Å². The van der Waals surface area contributed by atoms with Crippen molar-refractivity contribution in [3.8, 4) is 0 Å². The van der Waals surface area contributed by atoms with Crippen molar-refractivity contribution in [2.45, 2.75) is 85.0 Å². The van der Waals surface area contributed by atoms with Crippen LogP contribution in [-0.4, -0.2) is 39.8 Å². The Morgan fingerprint density at radius 2 is 1.13 bits per heavy atom. The van der Waals surface area contributed by atoms with Gasteiger partial charge in [0.25, 0.3) is 0 Å². The van der Waals surface area contributed by atoms with E-state index in [0.717, 1.165) is 12.8 Å². The average Bonchev–Trinajstić information content (AvgIpc) is 2.53. The number of rotatable bonds is 14. The first-order valence-corrected chi connectivity index (χ1v) is 10.1. The van der Waals surface area contributed by atoms with E-state index >= 15 is 0 Å². The van der Waals surface area contributed by atoms with Gasteiger partial charge in [-0.3, -0.25) is 0 Å². The normalized spacial score (nSPS) is 11.5. The predicted molar refractivity (Wildman–Crippen MR) is 97.1 cm³/mol. The summed E-state index contributed by atoms with van der Waals surface area (Å²) in [7, 11) is -2.14. The van der Waals surface area contributed by atoms with Crippen molar-refractivity contribution in [3.63, 3.8) is 0 Å². The third kappa shape index (κ3) is 24.6. The van der Waals surface area contributed by atoms with E-state index in [1.807, 2.05) is 0 Å². The van der Waals surface area contributed by atoms with E-state index in [0.29, 0.717) is 6.61 Å². The molecule has 0 aromatic rings. The first-order valence-electron chi connectivity index (χ1n) is 8.92. The lowest BCUT2D eigenvalue weighted by Gasteiger charge is -2.16. The summed E-state index contributed by atoms with van der Waals surface area (Å²) in [6.45, 7) is 6.41. The Balaban J connectivity index is 0. The molecule has 0 bridgehead atoms. The van der Waals surface area contributed by atoms with Crippen LogP contribution in [0.15, 0.2) is 0 Å². The SMILES string of the molecule is CC(C)(CO)CO.CCCCCCCCCCCCOP(O)O. The van der Waals surface area contributed by atoms with Crippen LogP contribution in [0.25, 0.3) is 0 Å². The summed E-state index contributed by atoms with van der Waals surface area (Å²) in [4.78, 5) is 17.0. The lowest BCUT2D eigenvalue weighted by Crippen LogP contribution is -2.20. The molecule has 6 heteroatoms. The van der Waals surface area contributed by atoms with Crippen LogP contribution in [0.1, 0.15) is 85.0 Å². The molecule has 0 aliphatic carbocycles. The maximum Gasteiger partial charge on any atom is 0.327 e. The molecule has 0 saturated heterocycles. The van der Waals surface area contributed by atoms with Crippen molar-refractivity contribution in [1.82, 2.24) is 0 Å². The largest absolute Gasteiger partial charge is 0.396 e. The van der Waals surface area contributed by atoms with Crippen LogP contribution >= 0.6 is 8.60 Å². The van der Waals surface area contributed by atoms with Crippen LogP contribution < -0.4 is 0 Å². The molecule has 5 nitrogen and oxygen atoms in total. The van der Waals surface area contributed by atoms with Gasteiger partial charge < -0.3 is 24.5 Å². The molecule has 0 saturated carbocycles. The van der Waals surface area contributed by atoms with Gasteiger partial charge in [-0.1, -0.05) is 78.6 Å². The van der Waals surface area contributed by atoms with E-state index in [4.69, 9.17) is 20.0 Å². The van der Waals surface area contributed by atoms with E-state index < -0.39 is 8.60 Å². The second-order valence-electron chi connectivity index (χ2n) is 6.75. The molecule has 0 aliphatic heterocycles. The minimum Gasteiger partial charge on any atom is -0.396 e. The highest BCUT2D eigenvalue weighted by Crippen LogP contribution is 2.24. The topological polar surface area (TPSA) is 90.2 Å². The van der Waals surface area contributed by atoms with Gasteiger partial charge in [-0.25, -0.2) is 0 Å². The quantitative estimate of drug-likeness (QED) is 0.278. The van der Waals surface area contributed by atoms with Crippen LogP contribution in [0.4, 0.5) is 0 Å². The fraction of sp³-hybridized carbons (Fsp3) is 1.00. The first kappa shape index (κ1) is 25.5. The Morgan fingerprint density at radius 3 is 1.43 bits per heavy atom. The number of unbranched alkanes of at least 4 members (excludes halogenated alkanes) is 9. The lowest BCUT2D eigenvalue weighted by molar-refractivity contribution is 0.0857. The third-order valence-electron chi connectivity index (χ3n) is 3.56. The molecule has 0 heterocycles. The lowest BCUT2D eigenvalue weighted by atomic mass is 9.97. The van der Waals surface area contributed by atoms with Crippen LogP contribution in [0, 0.1) is 5.41 Å². The van der Waals surface area contributed by atoms with Gasteiger partial charge in [-0.05, 0) is 6.42 Å². The van der Waals surface area contributed by atoms with Crippen molar-refractivity contribution >= 4 is 8.60 Å². The molecule has 4 N–H and O–H groups in total. The first-order chi connectivity index (χ1) is 10.9. The molecule has 0 spiro atoms. The Morgan fingerprint density at radius 1 is 0.739 bits per heavy atom. The summed E-state index contributed by atoms with van der Waals surface area (Å²) in [6, 6.07) is 0. The van der Waals surface area contributed by atoms with Gasteiger partial charge in [0.15, 0.2) is 0 Å². The molecule has 0 aromatic carbocycles. The molecule has 142 valence electrons. The number of aliphatic hydroxyl groups excluding tert-OH is 2. The van der Waals surface area contributed by atoms with Gasteiger partial charge in [-0.2, -0.15) is 0 Å². The monoisotopic (exact) mass is 354 g/mol. The minimum absolute atomic E-state index is 0.0451. The van der Waals surface area contributed by atoms with Crippen molar-refractivity contribution < 1.29 is 24.5 Å². The Labute approximate surface area is 144 Å². The van der Waals surface area contributed by atoms with Crippen molar-refractivity contribution in [2.24, 2.45) is 5.41 Å². The number of aliphatic hydroxyl groups is 2. The van der Waals surface area contributed by atoms with Gasteiger partial charge in [0.05, 0.1) is 19.8 Å². The zero-order chi connectivity index (χ0) is 18.0. The second-order valence-corrected chi connectivity index (χ2v) is 7.51. The van der Waals surface area contributed by atoms with Crippen molar-refractivity contribution in [3.05, 3.63) is 0 Å². The molecule has 0 rings (SSSR count). The van der Waals surface area contributed by atoms with Crippen molar-refractivity contribution in [2.75, 3.05) is 19.8 Å². The highest BCUT2D eigenvalue weighted by Gasteiger charge is 2.13. The minimum atomic E-state index is -2.14. The Hall–Kier alpha value is 0.230.